The highest BCUT2D eigenvalue weighted by Crippen LogP contribution is 2.35. The number of carbonyl (C=O) groups excluding carboxylic acids is 1. The van der Waals surface area contributed by atoms with Crippen molar-refractivity contribution in [3.05, 3.63) is 103 Å². The van der Waals surface area contributed by atoms with E-state index in [1.54, 1.807) is 6.33 Å². The van der Waals surface area contributed by atoms with Gasteiger partial charge in [0.2, 0.25) is 0 Å². The fraction of sp³-hybridized carbons (Fsp3) is 0.0769. The first-order valence-corrected chi connectivity index (χ1v) is 11.4. The minimum atomic E-state index is -0.410. The normalized spacial score (nSPS) is 10.9. The van der Waals surface area contributed by atoms with Crippen molar-refractivity contribution in [1.82, 2.24) is 19.7 Å². The molecule has 7 heteroatoms. The van der Waals surface area contributed by atoms with Gasteiger partial charge in [0, 0.05) is 22.4 Å². The Balaban J connectivity index is 1.62. The van der Waals surface area contributed by atoms with Gasteiger partial charge in [0.15, 0.2) is 5.16 Å². The van der Waals surface area contributed by atoms with Crippen LogP contribution in [-0.2, 0) is 10.5 Å². The van der Waals surface area contributed by atoms with Crippen LogP contribution in [0.4, 0.5) is 0 Å². The Bertz CT molecular complexity index is 1420. The van der Waals surface area contributed by atoms with Gasteiger partial charge in [0.25, 0.3) is 0 Å². The molecule has 162 valence electrons. The number of pyridine rings is 1. The maximum atomic E-state index is 13.0. The summed E-state index contributed by atoms with van der Waals surface area (Å²) in [5.41, 5.74) is 4.68. The van der Waals surface area contributed by atoms with Crippen LogP contribution in [0.3, 0.4) is 0 Å². The minimum absolute atomic E-state index is 0.410. The zero-order chi connectivity index (χ0) is 22.6. The van der Waals surface area contributed by atoms with E-state index < -0.39 is 5.97 Å². The molecule has 0 radical (unpaired) electrons. The van der Waals surface area contributed by atoms with Gasteiger partial charge >= 0.3 is 5.97 Å². The van der Waals surface area contributed by atoms with E-state index in [1.165, 1.54) is 18.9 Å². The highest BCUT2D eigenvalue weighted by atomic mass is 32.2. The summed E-state index contributed by atoms with van der Waals surface area (Å²) in [5.74, 6) is 0.0212. The van der Waals surface area contributed by atoms with Crippen molar-refractivity contribution < 1.29 is 9.53 Å². The predicted octanol–water partition coefficient (Wildman–Crippen LogP) is 5.56. The summed E-state index contributed by atoms with van der Waals surface area (Å²) in [7, 11) is 1.40. The van der Waals surface area contributed by atoms with Crippen molar-refractivity contribution in [2.24, 2.45) is 0 Å². The monoisotopic (exact) mass is 452 g/mol. The Hall–Kier alpha value is -3.97. The predicted molar refractivity (Wildman–Crippen MR) is 129 cm³/mol. The van der Waals surface area contributed by atoms with E-state index in [4.69, 9.17) is 9.72 Å². The molecule has 6 nitrogen and oxygen atoms in total. The summed E-state index contributed by atoms with van der Waals surface area (Å²) < 4.78 is 7.12. The van der Waals surface area contributed by atoms with Crippen LogP contribution in [0.5, 0.6) is 0 Å². The molecular formula is C26H20N4O2S. The summed E-state index contributed by atoms with van der Waals surface area (Å²) in [6, 6.07) is 27.6. The molecule has 2 heterocycles. The van der Waals surface area contributed by atoms with Crippen LogP contribution in [0.2, 0.25) is 0 Å². The van der Waals surface area contributed by atoms with Gasteiger partial charge in [0.1, 0.15) is 6.33 Å². The second-order valence-electron chi connectivity index (χ2n) is 7.29. The maximum absolute atomic E-state index is 13.0. The topological polar surface area (TPSA) is 69.9 Å². The molecule has 0 unspecified atom stereocenters. The molecule has 0 N–H and O–H groups in total. The molecule has 0 saturated carbocycles. The zero-order valence-electron chi connectivity index (χ0n) is 17.9. The number of fused-ring (bicyclic) bond motifs is 1. The number of benzene rings is 3. The molecule has 3 aromatic carbocycles. The number of methoxy groups -OCH3 is 1. The molecule has 0 saturated heterocycles. The molecular weight excluding hydrogens is 432 g/mol. The van der Waals surface area contributed by atoms with Crippen molar-refractivity contribution >= 4 is 28.6 Å². The van der Waals surface area contributed by atoms with Crippen molar-refractivity contribution in [2.45, 2.75) is 10.9 Å². The number of nitrogens with zero attached hydrogens (tertiary/aromatic N) is 4. The van der Waals surface area contributed by atoms with Crippen molar-refractivity contribution in [3.63, 3.8) is 0 Å². The average molecular weight is 453 g/mol. The quantitative estimate of drug-likeness (QED) is 0.248. The lowest BCUT2D eigenvalue weighted by Crippen LogP contribution is -2.10. The molecule has 0 aliphatic carbocycles. The van der Waals surface area contributed by atoms with Crippen molar-refractivity contribution in [2.75, 3.05) is 7.11 Å². The minimum Gasteiger partial charge on any atom is -0.465 e. The van der Waals surface area contributed by atoms with Crippen molar-refractivity contribution in [3.8, 4) is 16.8 Å². The number of hydrogen-bond acceptors (Lipinski definition) is 6. The van der Waals surface area contributed by atoms with Crippen LogP contribution in [0.25, 0.3) is 27.7 Å². The first-order chi connectivity index (χ1) is 16.3. The Morgan fingerprint density at radius 2 is 1.64 bits per heavy atom. The molecule has 0 atom stereocenters. The Kier molecular flexibility index (Phi) is 5.87. The summed E-state index contributed by atoms with van der Waals surface area (Å²) in [5, 5.41) is 9.98. The van der Waals surface area contributed by atoms with E-state index in [0.717, 1.165) is 27.7 Å². The second kappa shape index (κ2) is 9.26. The Morgan fingerprint density at radius 1 is 0.939 bits per heavy atom. The summed E-state index contributed by atoms with van der Waals surface area (Å²) in [6.07, 6.45) is 1.68. The number of thioether (sulfide) groups is 1. The van der Waals surface area contributed by atoms with Gasteiger partial charge in [-0.3, -0.25) is 9.55 Å². The highest BCUT2D eigenvalue weighted by Gasteiger charge is 2.23. The SMILES string of the molecule is COC(=O)c1c(CSc2nncn2-c2ccccc2)nc2ccccc2c1-c1ccccc1. The standard InChI is InChI=1S/C26H20N4O2S/c1-32-25(31)24-22(16-33-26-29-27-17-30(26)19-12-6-3-7-13-19)28-21-15-9-8-14-20(21)23(24)18-10-4-2-5-11-18/h2-15,17H,16H2,1H3. The maximum Gasteiger partial charge on any atom is 0.340 e. The number of hydrogen-bond donors (Lipinski definition) is 0. The van der Waals surface area contributed by atoms with Gasteiger partial charge in [0.05, 0.1) is 23.9 Å². The Morgan fingerprint density at radius 3 is 2.39 bits per heavy atom. The number of aromatic nitrogens is 4. The lowest BCUT2D eigenvalue weighted by molar-refractivity contribution is 0.0600. The molecule has 5 aromatic rings. The van der Waals surface area contributed by atoms with Gasteiger partial charge < -0.3 is 4.74 Å². The fourth-order valence-corrected chi connectivity index (χ4v) is 4.69. The van der Waals surface area contributed by atoms with Gasteiger partial charge in [-0.05, 0) is 23.8 Å². The van der Waals surface area contributed by atoms with E-state index in [9.17, 15) is 4.79 Å². The molecule has 2 aromatic heterocycles. The van der Waals surface area contributed by atoms with E-state index in [1.807, 2.05) is 89.5 Å². The van der Waals surface area contributed by atoms with Crippen LogP contribution < -0.4 is 0 Å². The first kappa shape index (κ1) is 20.9. The van der Waals surface area contributed by atoms with Crippen LogP contribution in [0, 0.1) is 0 Å². The molecule has 0 aliphatic rings. The second-order valence-corrected chi connectivity index (χ2v) is 8.23. The number of para-hydroxylation sites is 2. The van der Waals surface area contributed by atoms with E-state index >= 15 is 0 Å². The first-order valence-electron chi connectivity index (χ1n) is 10.4. The fourth-order valence-electron chi connectivity index (χ4n) is 3.82. The average Bonchev–Trinajstić information content (AvgIpc) is 3.36. The molecule has 5 rings (SSSR count). The summed E-state index contributed by atoms with van der Waals surface area (Å²) in [4.78, 5) is 17.9. The van der Waals surface area contributed by atoms with Gasteiger partial charge in [-0.25, -0.2) is 4.79 Å². The third kappa shape index (κ3) is 4.10. The van der Waals surface area contributed by atoms with E-state index in [-0.39, 0.29) is 0 Å². The highest BCUT2D eigenvalue weighted by molar-refractivity contribution is 7.98. The van der Waals surface area contributed by atoms with Crippen LogP contribution in [-0.4, -0.2) is 32.8 Å². The molecule has 33 heavy (non-hydrogen) atoms. The van der Waals surface area contributed by atoms with E-state index in [0.29, 0.717) is 22.2 Å². The van der Waals surface area contributed by atoms with E-state index in [2.05, 4.69) is 10.2 Å². The van der Waals surface area contributed by atoms with Crippen molar-refractivity contribution in [1.29, 1.82) is 0 Å². The molecule has 0 amide bonds. The van der Waals surface area contributed by atoms with Gasteiger partial charge in [-0.2, -0.15) is 0 Å². The lowest BCUT2D eigenvalue weighted by atomic mass is 9.94. The van der Waals surface area contributed by atoms with Crippen LogP contribution in [0.1, 0.15) is 16.1 Å². The number of rotatable bonds is 6. The summed E-state index contributed by atoms with van der Waals surface area (Å²) >= 11 is 1.48. The van der Waals surface area contributed by atoms with Gasteiger partial charge in [-0.1, -0.05) is 78.5 Å². The summed E-state index contributed by atoms with van der Waals surface area (Å²) in [6.45, 7) is 0. The van der Waals surface area contributed by atoms with Crippen LogP contribution >= 0.6 is 11.8 Å². The van der Waals surface area contributed by atoms with Gasteiger partial charge in [-0.15, -0.1) is 10.2 Å². The lowest BCUT2D eigenvalue weighted by Gasteiger charge is -2.16. The smallest absolute Gasteiger partial charge is 0.340 e. The molecule has 0 aliphatic heterocycles. The number of carbonyl (C=O) groups is 1. The number of ether oxygens (including phenoxy) is 1. The third-order valence-electron chi connectivity index (χ3n) is 5.31. The Labute approximate surface area is 195 Å². The van der Waals surface area contributed by atoms with Crippen LogP contribution in [0.15, 0.2) is 96.4 Å². The number of esters is 1. The zero-order valence-corrected chi connectivity index (χ0v) is 18.7. The molecule has 0 fully saturated rings. The largest absolute Gasteiger partial charge is 0.465 e. The molecule has 0 spiro atoms. The molecule has 0 bridgehead atoms. The third-order valence-corrected chi connectivity index (χ3v) is 6.26.